The molecule has 0 fully saturated rings. The van der Waals surface area contributed by atoms with Crippen molar-refractivity contribution < 1.29 is 19.8 Å². The minimum Gasteiger partial charge on any atom is -0.385 e. The number of nitrogens with one attached hydrogen (secondary N) is 1. The number of nitriles is 1. The van der Waals surface area contributed by atoms with Gasteiger partial charge in [0.25, 0.3) is 11.7 Å². The predicted octanol–water partition coefficient (Wildman–Crippen LogP) is -0.261. The van der Waals surface area contributed by atoms with Gasteiger partial charge in [-0.15, -0.1) is 0 Å². The van der Waals surface area contributed by atoms with Gasteiger partial charge >= 0.3 is 0 Å². The molecule has 1 aromatic rings. The van der Waals surface area contributed by atoms with E-state index >= 15 is 0 Å². The number of fused-ring (bicyclic) bond motifs is 1. The lowest BCUT2D eigenvalue weighted by Crippen LogP contribution is -2.15. The monoisotopic (exact) mass is 232 g/mol. The smallest absolute Gasteiger partial charge is 0.296 e. The summed E-state index contributed by atoms with van der Waals surface area (Å²) < 4.78 is 0. The molecule has 3 N–H and O–H groups in total. The van der Waals surface area contributed by atoms with Crippen LogP contribution < -0.4 is 5.32 Å². The van der Waals surface area contributed by atoms with Crippen LogP contribution in [0, 0.1) is 11.3 Å². The number of carbonyl (C=O) groups excluding carboxylic acids is 2. The summed E-state index contributed by atoms with van der Waals surface area (Å²) >= 11 is 0. The Labute approximate surface area is 96.1 Å². The number of ketones is 1. The number of Topliss-reactive ketones (excluding diaryl/α,β-unsaturated/α-hetero) is 1. The third-order valence-corrected chi connectivity index (χ3v) is 2.52. The maximum absolute atomic E-state index is 11.3. The molecule has 2 atom stereocenters. The lowest BCUT2D eigenvalue weighted by molar-refractivity contribution is -0.112. The second-order valence-corrected chi connectivity index (χ2v) is 3.61. The second kappa shape index (κ2) is 3.97. The predicted molar refractivity (Wildman–Crippen MR) is 56.0 cm³/mol. The number of hydrogen-bond donors (Lipinski definition) is 3. The second-order valence-electron chi connectivity index (χ2n) is 3.61. The Morgan fingerprint density at radius 1 is 1.29 bits per heavy atom. The van der Waals surface area contributed by atoms with Crippen LogP contribution in [0.15, 0.2) is 18.2 Å². The van der Waals surface area contributed by atoms with Crippen LogP contribution in [0.5, 0.6) is 0 Å². The van der Waals surface area contributed by atoms with E-state index in [1.165, 1.54) is 24.3 Å². The summed E-state index contributed by atoms with van der Waals surface area (Å²) in [5, 5.41) is 29.5. The Bertz CT molecular complexity index is 547. The summed E-state index contributed by atoms with van der Waals surface area (Å²) in [6, 6.07) is 5.63. The molecule has 2 rings (SSSR count). The van der Waals surface area contributed by atoms with Gasteiger partial charge in [0, 0.05) is 0 Å². The first kappa shape index (κ1) is 11.3. The van der Waals surface area contributed by atoms with E-state index in [2.05, 4.69) is 5.32 Å². The Morgan fingerprint density at radius 3 is 2.65 bits per heavy atom. The number of aliphatic hydroxyl groups is 2. The van der Waals surface area contributed by atoms with Crippen molar-refractivity contribution in [2.24, 2.45) is 0 Å². The highest BCUT2D eigenvalue weighted by Gasteiger charge is 2.29. The summed E-state index contributed by atoms with van der Waals surface area (Å²) in [5.74, 6) is -1.37. The number of amides is 1. The minimum absolute atomic E-state index is 0.220. The summed E-state index contributed by atoms with van der Waals surface area (Å²) in [7, 11) is 0. The Hall–Kier alpha value is -2.23. The topological polar surface area (TPSA) is 110 Å². The zero-order chi connectivity index (χ0) is 12.6. The van der Waals surface area contributed by atoms with Crippen LogP contribution in [-0.4, -0.2) is 28.0 Å². The molecule has 2 unspecified atom stereocenters. The third kappa shape index (κ3) is 1.78. The normalized spacial score (nSPS) is 17.0. The molecule has 1 aliphatic rings. The first-order valence-corrected chi connectivity index (χ1v) is 4.80. The van der Waals surface area contributed by atoms with Crippen LogP contribution in [0.25, 0.3) is 0 Å². The Morgan fingerprint density at radius 2 is 2.00 bits per heavy atom. The fourth-order valence-electron chi connectivity index (χ4n) is 1.60. The summed E-state index contributed by atoms with van der Waals surface area (Å²) in [4.78, 5) is 22.4. The fourth-order valence-corrected chi connectivity index (χ4v) is 1.60. The van der Waals surface area contributed by atoms with E-state index < -0.39 is 23.9 Å². The van der Waals surface area contributed by atoms with Crippen molar-refractivity contribution in [1.29, 1.82) is 5.26 Å². The van der Waals surface area contributed by atoms with Gasteiger partial charge in [-0.3, -0.25) is 9.59 Å². The number of anilines is 1. The van der Waals surface area contributed by atoms with E-state index in [1.807, 2.05) is 0 Å². The number of aliphatic hydroxyl groups excluding tert-OH is 2. The number of carbonyl (C=O) groups is 2. The van der Waals surface area contributed by atoms with Crippen LogP contribution in [0.2, 0.25) is 0 Å². The van der Waals surface area contributed by atoms with Gasteiger partial charge in [-0.1, -0.05) is 6.07 Å². The molecule has 6 nitrogen and oxygen atoms in total. The van der Waals surface area contributed by atoms with Gasteiger partial charge in [-0.05, 0) is 17.7 Å². The van der Waals surface area contributed by atoms with Crippen LogP contribution >= 0.6 is 0 Å². The highest BCUT2D eigenvalue weighted by atomic mass is 16.3. The molecule has 6 heteroatoms. The first-order valence-electron chi connectivity index (χ1n) is 4.80. The van der Waals surface area contributed by atoms with Crippen molar-refractivity contribution in [2.45, 2.75) is 12.2 Å². The quantitative estimate of drug-likeness (QED) is 0.480. The lowest BCUT2D eigenvalue weighted by Gasteiger charge is -2.12. The van der Waals surface area contributed by atoms with Gasteiger partial charge in [-0.2, -0.15) is 5.26 Å². The molecule has 0 aliphatic carbocycles. The van der Waals surface area contributed by atoms with E-state index in [0.717, 1.165) is 0 Å². The van der Waals surface area contributed by atoms with Crippen molar-refractivity contribution in [3.63, 3.8) is 0 Å². The van der Waals surface area contributed by atoms with Crippen LogP contribution in [-0.2, 0) is 4.79 Å². The Balaban J connectivity index is 2.37. The molecule has 0 radical (unpaired) electrons. The molecule has 1 amide bonds. The molecule has 0 spiro atoms. The van der Waals surface area contributed by atoms with Crippen molar-refractivity contribution in [1.82, 2.24) is 0 Å². The zero-order valence-electron chi connectivity index (χ0n) is 8.54. The number of benzene rings is 1. The summed E-state index contributed by atoms with van der Waals surface area (Å²) in [6.45, 7) is 0. The SMILES string of the molecule is N#CC(O)C(O)c1ccc2c(c1)NC(=O)C2=O. The molecule has 1 aromatic carbocycles. The summed E-state index contributed by atoms with van der Waals surface area (Å²) in [6.07, 6.45) is -2.93. The van der Waals surface area contributed by atoms with Gasteiger partial charge in [0.1, 0.15) is 6.10 Å². The van der Waals surface area contributed by atoms with E-state index in [0.29, 0.717) is 0 Å². The van der Waals surface area contributed by atoms with Gasteiger partial charge < -0.3 is 15.5 Å². The fraction of sp³-hybridized carbons (Fsp3) is 0.182. The molecular formula is C11H8N2O4. The van der Waals surface area contributed by atoms with Crippen molar-refractivity contribution in [3.8, 4) is 6.07 Å². The minimum atomic E-state index is -1.55. The molecular weight excluding hydrogens is 224 g/mol. The average molecular weight is 232 g/mol. The van der Waals surface area contributed by atoms with Crippen LogP contribution in [0.3, 0.4) is 0 Å². The molecule has 0 saturated carbocycles. The molecule has 1 heterocycles. The Kier molecular flexibility index (Phi) is 2.63. The van der Waals surface area contributed by atoms with E-state index in [1.54, 1.807) is 0 Å². The highest BCUT2D eigenvalue weighted by Crippen LogP contribution is 2.27. The number of hydrogen-bond acceptors (Lipinski definition) is 5. The average Bonchev–Trinajstić information content (AvgIpc) is 2.62. The third-order valence-electron chi connectivity index (χ3n) is 2.52. The molecule has 0 bridgehead atoms. The molecule has 0 aromatic heterocycles. The van der Waals surface area contributed by atoms with Crippen molar-refractivity contribution in [3.05, 3.63) is 29.3 Å². The van der Waals surface area contributed by atoms with Gasteiger partial charge in [-0.25, -0.2) is 0 Å². The van der Waals surface area contributed by atoms with Gasteiger partial charge in [0.2, 0.25) is 0 Å². The zero-order valence-corrected chi connectivity index (χ0v) is 8.54. The maximum atomic E-state index is 11.3. The lowest BCUT2D eigenvalue weighted by atomic mass is 10.0. The van der Waals surface area contributed by atoms with Gasteiger partial charge in [0.15, 0.2) is 6.10 Å². The standard InChI is InChI=1S/C11H8N2O4/c12-4-8(14)9(15)5-1-2-6-7(3-5)13-11(17)10(6)16/h1-3,8-9,14-15H,(H,13,16,17). The maximum Gasteiger partial charge on any atom is 0.296 e. The molecule has 17 heavy (non-hydrogen) atoms. The largest absolute Gasteiger partial charge is 0.385 e. The van der Waals surface area contributed by atoms with E-state index in [9.17, 15) is 14.7 Å². The van der Waals surface area contributed by atoms with Crippen LogP contribution in [0.1, 0.15) is 22.0 Å². The number of rotatable bonds is 2. The first-order chi connectivity index (χ1) is 8.04. The molecule has 86 valence electrons. The van der Waals surface area contributed by atoms with Crippen molar-refractivity contribution in [2.75, 3.05) is 5.32 Å². The molecule has 0 saturated heterocycles. The number of nitrogens with zero attached hydrogens (tertiary/aromatic N) is 1. The van der Waals surface area contributed by atoms with Crippen molar-refractivity contribution >= 4 is 17.4 Å². The van der Waals surface area contributed by atoms with E-state index in [4.69, 9.17) is 10.4 Å². The summed E-state index contributed by atoms with van der Waals surface area (Å²) in [5.41, 5.74) is 0.756. The van der Waals surface area contributed by atoms with Gasteiger partial charge in [0.05, 0.1) is 17.3 Å². The van der Waals surface area contributed by atoms with Crippen LogP contribution in [0.4, 0.5) is 5.69 Å². The molecule has 1 aliphatic heterocycles. The highest BCUT2D eigenvalue weighted by molar-refractivity contribution is 6.51. The van der Waals surface area contributed by atoms with E-state index in [-0.39, 0.29) is 16.8 Å².